The number of carbonyl (C=O) groups is 2. The predicted octanol–water partition coefficient (Wildman–Crippen LogP) is 3.58. The van der Waals surface area contributed by atoms with Gasteiger partial charge < -0.3 is 14.6 Å². The fourth-order valence-corrected chi connectivity index (χ4v) is 3.22. The minimum atomic E-state index is -0.294. The van der Waals surface area contributed by atoms with Gasteiger partial charge in [0.15, 0.2) is 0 Å². The van der Waals surface area contributed by atoms with Crippen LogP contribution in [0.5, 0.6) is 0 Å². The number of aromatic amines is 1. The number of nitrogens with zero attached hydrogens (tertiary/aromatic N) is 2. The average Bonchev–Trinajstić information content (AvgIpc) is 3.41. The molecule has 2 heterocycles. The summed E-state index contributed by atoms with van der Waals surface area (Å²) in [7, 11) is 1.76. The van der Waals surface area contributed by atoms with Gasteiger partial charge in [-0.25, -0.2) is 0 Å². The van der Waals surface area contributed by atoms with Gasteiger partial charge in [-0.3, -0.25) is 14.7 Å². The molecule has 0 bridgehead atoms. The summed E-state index contributed by atoms with van der Waals surface area (Å²) in [5.74, 6) is 0.143. The van der Waals surface area contributed by atoms with Crippen LogP contribution in [0.2, 0.25) is 0 Å². The molecule has 0 unspecified atom stereocenters. The zero-order valence-corrected chi connectivity index (χ0v) is 17.5. The standard InChI is InChI=1S/C23H28N4O3/c1-17-20(12-14-30-17)23(29)24-16-22(28)27(2)13-8-4-7-11-19-15-21(26-25-19)18-9-5-3-6-10-18/h3,5-6,9-10,12,14-15H,4,7-8,11,13,16H2,1-2H3,(H,24,29)(H,25,26). The van der Waals surface area contributed by atoms with E-state index in [4.69, 9.17) is 4.42 Å². The second kappa shape index (κ2) is 10.4. The number of nitrogens with one attached hydrogen (secondary N) is 2. The molecule has 0 aliphatic heterocycles. The normalized spacial score (nSPS) is 10.7. The number of furan rings is 1. The van der Waals surface area contributed by atoms with Crippen LogP contribution in [0.1, 0.15) is 41.1 Å². The van der Waals surface area contributed by atoms with Crippen molar-refractivity contribution in [3.63, 3.8) is 0 Å². The summed E-state index contributed by atoms with van der Waals surface area (Å²) in [6.07, 6.45) is 5.34. The number of benzene rings is 1. The molecule has 7 heteroatoms. The van der Waals surface area contributed by atoms with Crippen molar-refractivity contribution in [1.82, 2.24) is 20.4 Å². The summed E-state index contributed by atoms with van der Waals surface area (Å²) in [5.41, 5.74) is 3.65. The number of H-pyrrole nitrogens is 1. The van der Waals surface area contributed by atoms with Crippen LogP contribution in [0.25, 0.3) is 11.3 Å². The van der Waals surface area contributed by atoms with Crippen LogP contribution < -0.4 is 5.32 Å². The molecule has 30 heavy (non-hydrogen) atoms. The van der Waals surface area contributed by atoms with Crippen LogP contribution in [0.3, 0.4) is 0 Å². The topological polar surface area (TPSA) is 91.2 Å². The first-order valence-electron chi connectivity index (χ1n) is 10.2. The second-order valence-corrected chi connectivity index (χ2v) is 7.34. The number of aromatic nitrogens is 2. The summed E-state index contributed by atoms with van der Waals surface area (Å²) < 4.78 is 5.11. The van der Waals surface area contributed by atoms with Crippen LogP contribution in [0.4, 0.5) is 0 Å². The van der Waals surface area contributed by atoms with E-state index in [1.165, 1.54) is 6.26 Å². The van der Waals surface area contributed by atoms with Gasteiger partial charge in [0.25, 0.3) is 5.91 Å². The SMILES string of the molecule is Cc1occc1C(=O)NCC(=O)N(C)CCCCCc1cc(-c2ccccc2)n[nH]1. The fourth-order valence-electron chi connectivity index (χ4n) is 3.22. The summed E-state index contributed by atoms with van der Waals surface area (Å²) in [4.78, 5) is 25.9. The molecule has 0 saturated heterocycles. The van der Waals surface area contributed by atoms with Gasteiger partial charge >= 0.3 is 0 Å². The third kappa shape index (κ3) is 5.83. The number of rotatable bonds is 10. The maximum absolute atomic E-state index is 12.2. The van der Waals surface area contributed by atoms with E-state index in [2.05, 4.69) is 21.6 Å². The maximum atomic E-state index is 12.2. The van der Waals surface area contributed by atoms with Crippen LogP contribution in [0.15, 0.2) is 53.1 Å². The Hall–Kier alpha value is -3.35. The third-order valence-electron chi connectivity index (χ3n) is 5.07. The van der Waals surface area contributed by atoms with E-state index in [0.29, 0.717) is 17.9 Å². The van der Waals surface area contributed by atoms with Gasteiger partial charge in [0.1, 0.15) is 5.76 Å². The molecule has 0 fully saturated rings. The Bertz CT molecular complexity index is 962. The number of hydrogen-bond donors (Lipinski definition) is 2. The Balaban J connectivity index is 1.31. The number of amides is 2. The molecule has 7 nitrogen and oxygen atoms in total. The van der Waals surface area contributed by atoms with E-state index in [-0.39, 0.29) is 18.4 Å². The summed E-state index contributed by atoms with van der Waals surface area (Å²) >= 11 is 0. The molecule has 158 valence electrons. The van der Waals surface area contributed by atoms with Crippen molar-refractivity contribution in [1.29, 1.82) is 0 Å². The predicted molar refractivity (Wildman–Crippen MR) is 115 cm³/mol. The van der Waals surface area contributed by atoms with E-state index >= 15 is 0 Å². The minimum absolute atomic E-state index is 0.0175. The Morgan fingerprint density at radius 1 is 1.13 bits per heavy atom. The van der Waals surface area contributed by atoms with Crippen molar-refractivity contribution in [2.75, 3.05) is 20.1 Å². The highest BCUT2D eigenvalue weighted by Crippen LogP contribution is 2.18. The van der Waals surface area contributed by atoms with Crippen molar-refractivity contribution in [3.05, 3.63) is 65.7 Å². The molecular weight excluding hydrogens is 380 g/mol. The van der Waals surface area contributed by atoms with E-state index in [0.717, 1.165) is 42.6 Å². The third-order valence-corrected chi connectivity index (χ3v) is 5.07. The molecule has 3 aromatic rings. The molecule has 2 N–H and O–H groups in total. The second-order valence-electron chi connectivity index (χ2n) is 7.34. The van der Waals surface area contributed by atoms with Crippen LogP contribution in [-0.2, 0) is 11.2 Å². The molecule has 0 aliphatic rings. The van der Waals surface area contributed by atoms with Crippen molar-refractivity contribution in [3.8, 4) is 11.3 Å². The lowest BCUT2D eigenvalue weighted by atomic mass is 10.1. The summed E-state index contributed by atoms with van der Waals surface area (Å²) in [6, 6.07) is 13.8. The molecule has 0 spiro atoms. The Kier molecular flexibility index (Phi) is 7.43. The lowest BCUT2D eigenvalue weighted by Crippen LogP contribution is -2.38. The van der Waals surface area contributed by atoms with Crippen molar-refractivity contribution >= 4 is 11.8 Å². The molecule has 0 aliphatic carbocycles. The van der Waals surface area contributed by atoms with Gasteiger partial charge in [-0.05, 0) is 38.3 Å². The molecule has 0 saturated carbocycles. The summed E-state index contributed by atoms with van der Waals surface area (Å²) in [6.45, 7) is 2.36. The van der Waals surface area contributed by atoms with E-state index < -0.39 is 0 Å². The summed E-state index contributed by atoms with van der Waals surface area (Å²) in [5, 5.41) is 10.1. The van der Waals surface area contributed by atoms with Crippen LogP contribution in [0, 0.1) is 6.92 Å². The average molecular weight is 409 g/mol. The Labute approximate surface area is 176 Å². The first kappa shape index (κ1) is 21.4. The molecule has 3 rings (SSSR count). The first-order valence-corrected chi connectivity index (χ1v) is 10.2. The molecule has 0 atom stereocenters. The Morgan fingerprint density at radius 2 is 1.93 bits per heavy atom. The van der Waals surface area contributed by atoms with E-state index in [1.54, 1.807) is 24.9 Å². The molecular formula is C23H28N4O3. The molecule has 2 amide bonds. The van der Waals surface area contributed by atoms with E-state index in [9.17, 15) is 9.59 Å². The number of aryl methyl sites for hydroxylation is 2. The molecule has 1 aromatic carbocycles. The monoisotopic (exact) mass is 408 g/mol. The molecule has 2 aromatic heterocycles. The van der Waals surface area contributed by atoms with Gasteiger partial charge in [-0.15, -0.1) is 0 Å². The van der Waals surface area contributed by atoms with E-state index in [1.807, 2.05) is 30.3 Å². The largest absolute Gasteiger partial charge is 0.469 e. The Morgan fingerprint density at radius 3 is 2.67 bits per heavy atom. The van der Waals surface area contributed by atoms with Gasteiger partial charge in [0.05, 0.1) is 24.1 Å². The van der Waals surface area contributed by atoms with Crippen LogP contribution in [-0.4, -0.2) is 47.0 Å². The van der Waals surface area contributed by atoms with Crippen LogP contribution >= 0.6 is 0 Å². The van der Waals surface area contributed by atoms with Gasteiger partial charge in [0, 0.05) is 24.8 Å². The van der Waals surface area contributed by atoms with Gasteiger partial charge in [-0.1, -0.05) is 36.8 Å². The quantitative estimate of drug-likeness (QED) is 0.502. The van der Waals surface area contributed by atoms with Crippen molar-refractivity contribution in [2.45, 2.75) is 32.6 Å². The highest BCUT2D eigenvalue weighted by Gasteiger charge is 2.14. The highest BCUT2D eigenvalue weighted by molar-refractivity contribution is 5.97. The lowest BCUT2D eigenvalue weighted by Gasteiger charge is -2.17. The molecule has 0 radical (unpaired) electrons. The number of likely N-dealkylation sites (N-methyl/N-ethyl adjacent to an activating group) is 1. The number of unbranched alkanes of at least 4 members (excludes halogenated alkanes) is 2. The van der Waals surface area contributed by atoms with Crippen molar-refractivity contribution in [2.24, 2.45) is 0 Å². The van der Waals surface area contributed by atoms with Gasteiger partial charge in [-0.2, -0.15) is 5.10 Å². The fraction of sp³-hybridized carbons (Fsp3) is 0.348. The zero-order valence-electron chi connectivity index (χ0n) is 17.5. The van der Waals surface area contributed by atoms with Gasteiger partial charge in [0.2, 0.25) is 5.91 Å². The zero-order chi connectivity index (χ0) is 21.3. The lowest BCUT2D eigenvalue weighted by molar-refractivity contribution is -0.128. The number of carbonyl (C=O) groups excluding carboxylic acids is 2. The minimum Gasteiger partial charge on any atom is -0.469 e. The highest BCUT2D eigenvalue weighted by atomic mass is 16.3. The first-order chi connectivity index (χ1) is 14.5. The maximum Gasteiger partial charge on any atom is 0.255 e. The smallest absolute Gasteiger partial charge is 0.255 e. The number of hydrogen-bond acceptors (Lipinski definition) is 4. The van der Waals surface area contributed by atoms with Crippen molar-refractivity contribution < 1.29 is 14.0 Å².